The first kappa shape index (κ1) is 9.39. The lowest BCUT2D eigenvalue weighted by atomic mass is 10.2. The van der Waals surface area contributed by atoms with Crippen LogP contribution in [0.25, 0.3) is 5.69 Å². The fraction of sp³-hybridized carbons (Fsp3) is 0.100. The van der Waals surface area contributed by atoms with Gasteiger partial charge >= 0.3 is 5.69 Å². The van der Waals surface area contributed by atoms with E-state index in [1.165, 1.54) is 17.1 Å². The second kappa shape index (κ2) is 3.53. The zero-order chi connectivity index (χ0) is 10.8. The Labute approximate surface area is 86.1 Å². The highest BCUT2D eigenvalue weighted by Crippen LogP contribution is 2.14. The van der Waals surface area contributed by atoms with E-state index in [9.17, 15) is 10.1 Å². The largest absolute Gasteiger partial charge is 0.307 e. The lowest BCUT2D eigenvalue weighted by Crippen LogP contribution is -1.94. The summed E-state index contributed by atoms with van der Waals surface area (Å²) < 4.78 is 1.49. The first-order chi connectivity index (χ1) is 7.16. The highest BCUT2D eigenvalue weighted by molar-refractivity contribution is 5.37. The number of aryl methyl sites for hydroxylation is 1. The van der Waals surface area contributed by atoms with E-state index in [4.69, 9.17) is 0 Å². The van der Waals surface area contributed by atoms with Crippen LogP contribution in [0.5, 0.6) is 0 Å². The normalized spacial score (nSPS) is 10.2. The van der Waals surface area contributed by atoms with E-state index in [0.717, 1.165) is 11.3 Å². The predicted molar refractivity (Wildman–Crippen MR) is 55.0 cm³/mol. The molecule has 0 saturated heterocycles. The van der Waals surface area contributed by atoms with Gasteiger partial charge in [-0.3, -0.25) is 10.1 Å². The Morgan fingerprint density at radius 2 is 2.27 bits per heavy atom. The first-order valence-electron chi connectivity index (χ1n) is 4.43. The quantitative estimate of drug-likeness (QED) is 0.554. The van der Waals surface area contributed by atoms with Crippen molar-refractivity contribution in [3.05, 3.63) is 52.3 Å². The molecule has 5 nitrogen and oxygen atoms in total. The number of hydrogen-bond acceptors (Lipinski definition) is 3. The second-order valence-corrected chi connectivity index (χ2v) is 3.24. The van der Waals surface area contributed by atoms with Crippen LogP contribution in [-0.4, -0.2) is 14.7 Å². The topological polar surface area (TPSA) is 61.0 Å². The zero-order valence-electron chi connectivity index (χ0n) is 8.12. The number of aromatic nitrogens is 2. The van der Waals surface area contributed by atoms with Crippen molar-refractivity contribution in [1.82, 2.24) is 9.78 Å². The molecule has 0 spiro atoms. The Hall–Kier alpha value is -2.17. The molecule has 0 saturated carbocycles. The molecule has 15 heavy (non-hydrogen) atoms. The average Bonchev–Trinajstić information content (AvgIpc) is 2.66. The van der Waals surface area contributed by atoms with Gasteiger partial charge in [-0.25, -0.2) is 4.68 Å². The molecule has 2 rings (SSSR count). The number of nitrogens with zero attached hydrogens (tertiary/aromatic N) is 3. The van der Waals surface area contributed by atoms with E-state index in [1.54, 1.807) is 0 Å². The van der Waals surface area contributed by atoms with Gasteiger partial charge in [-0.1, -0.05) is 12.1 Å². The Bertz CT molecular complexity index is 505. The van der Waals surface area contributed by atoms with Gasteiger partial charge in [0, 0.05) is 0 Å². The van der Waals surface area contributed by atoms with Crippen molar-refractivity contribution in [3.63, 3.8) is 0 Å². The highest BCUT2D eigenvalue weighted by Gasteiger charge is 2.09. The summed E-state index contributed by atoms with van der Waals surface area (Å²) in [6, 6.07) is 7.61. The van der Waals surface area contributed by atoms with Crippen LogP contribution in [0.1, 0.15) is 5.56 Å². The molecule has 0 amide bonds. The molecule has 1 aromatic carbocycles. The molecule has 0 fully saturated rings. The second-order valence-electron chi connectivity index (χ2n) is 3.24. The zero-order valence-corrected chi connectivity index (χ0v) is 8.12. The van der Waals surface area contributed by atoms with Gasteiger partial charge in [0.15, 0.2) is 0 Å². The summed E-state index contributed by atoms with van der Waals surface area (Å²) in [5, 5.41) is 14.4. The van der Waals surface area contributed by atoms with Crippen LogP contribution < -0.4 is 0 Å². The lowest BCUT2D eigenvalue weighted by Gasteiger charge is -2.00. The van der Waals surface area contributed by atoms with Crippen LogP contribution in [0, 0.1) is 17.0 Å². The van der Waals surface area contributed by atoms with Crippen LogP contribution >= 0.6 is 0 Å². The van der Waals surface area contributed by atoms with E-state index < -0.39 is 4.92 Å². The molecule has 1 aromatic heterocycles. The molecule has 2 aromatic rings. The van der Waals surface area contributed by atoms with E-state index in [0.29, 0.717) is 0 Å². The Morgan fingerprint density at radius 3 is 2.87 bits per heavy atom. The number of nitro groups is 1. The maximum absolute atomic E-state index is 10.5. The molecule has 76 valence electrons. The molecule has 5 heteroatoms. The van der Waals surface area contributed by atoms with Crippen LogP contribution in [-0.2, 0) is 0 Å². The molecule has 0 atom stereocenters. The SMILES string of the molecule is Cc1cccc(-n2cc([N+](=O)[O-])cn2)c1. The van der Waals surface area contributed by atoms with Gasteiger partial charge in [-0.05, 0) is 24.6 Å². The minimum Gasteiger partial charge on any atom is -0.258 e. The average molecular weight is 203 g/mol. The third-order valence-electron chi connectivity index (χ3n) is 2.05. The van der Waals surface area contributed by atoms with E-state index in [2.05, 4.69) is 5.10 Å². The van der Waals surface area contributed by atoms with Crippen molar-refractivity contribution < 1.29 is 4.92 Å². The van der Waals surface area contributed by atoms with Gasteiger partial charge in [-0.2, -0.15) is 5.10 Å². The van der Waals surface area contributed by atoms with Crippen LogP contribution in [0.15, 0.2) is 36.7 Å². The number of hydrogen-bond donors (Lipinski definition) is 0. The summed E-state index contributed by atoms with van der Waals surface area (Å²) in [7, 11) is 0. The van der Waals surface area contributed by atoms with Crippen molar-refractivity contribution in [3.8, 4) is 5.69 Å². The summed E-state index contributed by atoms with van der Waals surface area (Å²) in [6.07, 6.45) is 2.64. The van der Waals surface area contributed by atoms with Crippen molar-refractivity contribution in [2.24, 2.45) is 0 Å². The fourth-order valence-electron chi connectivity index (χ4n) is 1.32. The van der Waals surface area contributed by atoms with Crippen molar-refractivity contribution in [1.29, 1.82) is 0 Å². The molecule has 0 unspecified atom stereocenters. The smallest absolute Gasteiger partial charge is 0.258 e. The van der Waals surface area contributed by atoms with Crippen LogP contribution in [0.3, 0.4) is 0 Å². The minimum atomic E-state index is -0.459. The minimum absolute atomic E-state index is 0.00324. The van der Waals surface area contributed by atoms with E-state index in [-0.39, 0.29) is 5.69 Å². The van der Waals surface area contributed by atoms with Crippen molar-refractivity contribution in [2.45, 2.75) is 6.92 Å². The Kier molecular flexibility index (Phi) is 2.21. The summed E-state index contributed by atoms with van der Waals surface area (Å²) >= 11 is 0. The van der Waals surface area contributed by atoms with Gasteiger partial charge in [-0.15, -0.1) is 0 Å². The van der Waals surface area contributed by atoms with E-state index >= 15 is 0 Å². The summed E-state index contributed by atoms with van der Waals surface area (Å²) in [5.41, 5.74) is 1.91. The fourth-order valence-corrected chi connectivity index (χ4v) is 1.32. The molecule has 0 aliphatic rings. The van der Waals surface area contributed by atoms with Gasteiger partial charge in [0.1, 0.15) is 12.4 Å². The third-order valence-corrected chi connectivity index (χ3v) is 2.05. The molecular weight excluding hydrogens is 194 g/mol. The standard InChI is InChI=1S/C10H9N3O2/c1-8-3-2-4-9(5-8)12-7-10(6-11-12)13(14)15/h2-7H,1H3. The van der Waals surface area contributed by atoms with Crippen LogP contribution in [0.2, 0.25) is 0 Å². The first-order valence-corrected chi connectivity index (χ1v) is 4.43. The summed E-state index contributed by atoms with van der Waals surface area (Å²) in [4.78, 5) is 10.0. The lowest BCUT2D eigenvalue weighted by molar-refractivity contribution is -0.384. The number of rotatable bonds is 2. The van der Waals surface area contributed by atoms with Crippen LogP contribution in [0.4, 0.5) is 5.69 Å². The highest BCUT2D eigenvalue weighted by atomic mass is 16.6. The Balaban J connectivity index is 2.41. The molecule has 0 radical (unpaired) electrons. The third kappa shape index (κ3) is 1.85. The molecular formula is C10H9N3O2. The predicted octanol–water partition coefficient (Wildman–Crippen LogP) is 2.09. The molecule has 0 aliphatic heterocycles. The van der Waals surface area contributed by atoms with Crippen molar-refractivity contribution in [2.75, 3.05) is 0 Å². The molecule has 0 N–H and O–H groups in total. The summed E-state index contributed by atoms with van der Waals surface area (Å²) in [6.45, 7) is 1.96. The summed E-state index contributed by atoms with van der Waals surface area (Å²) in [5.74, 6) is 0. The monoisotopic (exact) mass is 203 g/mol. The maximum atomic E-state index is 10.5. The van der Waals surface area contributed by atoms with Gasteiger partial charge in [0.25, 0.3) is 0 Å². The van der Waals surface area contributed by atoms with Gasteiger partial charge < -0.3 is 0 Å². The molecule has 1 heterocycles. The molecule has 0 bridgehead atoms. The van der Waals surface area contributed by atoms with Crippen molar-refractivity contribution >= 4 is 5.69 Å². The maximum Gasteiger partial charge on any atom is 0.307 e. The van der Waals surface area contributed by atoms with Gasteiger partial charge in [0.05, 0.1) is 10.6 Å². The van der Waals surface area contributed by atoms with E-state index in [1.807, 2.05) is 31.2 Å². The molecule has 0 aliphatic carbocycles. The number of benzene rings is 1. The van der Waals surface area contributed by atoms with Gasteiger partial charge in [0.2, 0.25) is 0 Å². The Morgan fingerprint density at radius 1 is 1.47 bits per heavy atom.